The summed E-state index contributed by atoms with van der Waals surface area (Å²) in [7, 11) is 1.98. The SMILES string of the molecule is CCC1CN(C)CCCN1C[B-](F)(F)F.[K+]. The van der Waals surface area contributed by atoms with Gasteiger partial charge in [-0.25, -0.2) is 0 Å². The molecule has 1 unspecified atom stereocenters. The molecule has 7 heteroatoms. The molecule has 0 spiro atoms. The van der Waals surface area contributed by atoms with Gasteiger partial charge in [0.15, 0.2) is 0 Å². The number of nitrogens with zero attached hydrogens (tertiary/aromatic N) is 2. The van der Waals surface area contributed by atoms with Gasteiger partial charge in [0, 0.05) is 12.6 Å². The van der Waals surface area contributed by atoms with Gasteiger partial charge >= 0.3 is 58.4 Å². The third-order valence-corrected chi connectivity index (χ3v) is 2.94. The molecule has 1 saturated heterocycles. The zero-order valence-electron chi connectivity index (χ0n) is 10.4. The monoisotopic (exact) mass is 262 g/mol. The molecule has 2 nitrogen and oxygen atoms in total. The second-order valence-corrected chi connectivity index (χ2v) is 4.38. The molecule has 16 heavy (non-hydrogen) atoms. The predicted molar refractivity (Wildman–Crippen MR) is 56.8 cm³/mol. The van der Waals surface area contributed by atoms with Crippen LogP contribution in [0.15, 0.2) is 0 Å². The molecule has 1 fully saturated rings. The number of halogens is 3. The first-order chi connectivity index (χ1) is 6.92. The Hall–Kier alpha value is 1.41. The van der Waals surface area contributed by atoms with Crippen LogP contribution in [0.2, 0.25) is 0 Å². The van der Waals surface area contributed by atoms with Crippen molar-refractivity contribution in [3.63, 3.8) is 0 Å². The molecule has 0 aromatic carbocycles. The molecule has 1 aliphatic heterocycles. The van der Waals surface area contributed by atoms with E-state index >= 15 is 0 Å². The van der Waals surface area contributed by atoms with Gasteiger partial charge in [-0.3, -0.25) is 0 Å². The average molecular weight is 262 g/mol. The van der Waals surface area contributed by atoms with Crippen LogP contribution < -0.4 is 51.4 Å². The van der Waals surface area contributed by atoms with E-state index in [9.17, 15) is 12.9 Å². The van der Waals surface area contributed by atoms with Crippen molar-refractivity contribution in [2.24, 2.45) is 0 Å². The molecule has 0 radical (unpaired) electrons. The Morgan fingerprint density at radius 2 is 1.88 bits per heavy atom. The van der Waals surface area contributed by atoms with Gasteiger partial charge < -0.3 is 22.7 Å². The molecule has 1 aliphatic rings. The average Bonchev–Trinajstić information content (AvgIpc) is 2.25. The smallest absolute Gasteiger partial charge is 0.448 e. The molecule has 0 N–H and O–H groups in total. The van der Waals surface area contributed by atoms with Gasteiger partial charge in [-0.05, 0) is 39.4 Å². The molecular weight excluding hydrogens is 243 g/mol. The van der Waals surface area contributed by atoms with Gasteiger partial charge in [0.25, 0.3) is 0 Å². The van der Waals surface area contributed by atoms with E-state index in [1.807, 2.05) is 14.0 Å². The minimum absolute atomic E-state index is 0. The van der Waals surface area contributed by atoms with Gasteiger partial charge in [0.2, 0.25) is 0 Å². The van der Waals surface area contributed by atoms with Crippen molar-refractivity contribution in [1.29, 1.82) is 0 Å². The number of hydrogen-bond acceptors (Lipinski definition) is 2. The van der Waals surface area contributed by atoms with Crippen LogP contribution in [0.25, 0.3) is 0 Å². The van der Waals surface area contributed by atoms with E-state index in [4.69, 9.17) is 0 Å². The normalized spacial score (nSPS) is 24.9. The predicted octanol–water partition coefficient (Wildman–Crippen LogP) is -1.21. The maximum atomic E-state index is 12.4. The van der Waals surface area contributed by atoms with E-state index in [1.54, 1.807) is 4.90 Å². The Kier molecular flexibility index (Phi) is 8.44. The van der Waals surface area contributed by atoms with Crippen LogP contribution in [0.1, 0.15) is 19.8 Å². The Bertz CT molecular complexity index is 204. The second-order valence-electron chi connectivity index (χ2n) is 4.38. The van der Waals surface area contributed by atoms with E-state index in [0.717, 1.165) is 25.9 Å². The first-order valence-electron chi connectivity index (χ1n) is 5.56. The Labute approximate surface area is 138 Å². The van der Waals surface area contributed by atoms with Gasteiger partial charge in [-0.15, -0.1) is 0 Å². The van der Waals surface area contributed by atoms with Crippen LogP contribution in [-0.2, 0) is 0 Å². The van der Waals surface area contributed by atoms with Crippen LogP contribution in [0.3, 0.4) is 0 Å². The number of likely N-dealkylation sites (N-methyl/N-ethyl adjacent to an activating group) is 1. The van der Waals surface area contributed by atoms with Crippen LogP contribution >= 0.6 is 0 Å². The molecule has 0 amide bonds. The first-order valence-corrected chi connectivity index (χ1v) is 5.56. The van der Waals surface area contributed by atoms with Crippen LogP contribution in [0, 0.1) is 0 Å². The Morgan fingerprint density at radius 3 is 2.38 bits per heavy atom. The third kappa shape index (κ3) is 6.37. The van der Waals surface area contributed by atoms with Crippen LogP contribution in [0.4, 0.5) is 12.9 Å². The zero-order valence-corrected chi connectivity index (χ0v) is 13.5. The van der Waals surface area contributed by atoms with E-state index in [2.05, 4.69) is 4.90 Å². The van der Waals surface area contributed by atoms with Gasteiger partial charge in [-0.2, -0.15) is 0 Å². The van der Waals surface area contributed by atoms with E-state index in [1.165, 1.54) is 0 Å². The third-order valence-electron chi connectivity index (χ3n) is 2.94. The Balaban J connectivity index is 0.00000225. The van der Waals surface area contributed by atoms with Crippen molar-refractivity contribution in [1.82, 2.24) is 9.80 Å². The molecule has 0 aromatic rings. The summed E-state index contributed by atoms with van der Waals surface area (Å²) in [6.45, 7) is -0.503. The fourth-order valence-corrected chi connectivity index (χ4v) is 2.19. The van der Waals surface area contributed by atoms with Gasteiger partial charge in [-0.1, -0.05) is 6.92 Å². The van der Waals surface area contributed by atoms with Crippen molar-refractivity contribution in [2.75, 3.05) is 33.1 Å². The van der Waals surface area contributed by atoms with Crippen molar-refractivity contribution in [3.8, 4) is 0 Å². The first kappa shape index (κ1) is 17.4. The van der Waals surface area contributed by atoms with E-state index in [-0.39, 0.29) is 57.4 Å². The van der Waals surface area contributed by atoms with Crippen molar-refractivity contribution in [2.45, 2.75) is 25.8 Å². The fourth-order valence-electron chi connectivity index (χ4n) is 2.19. The van der Waals surface area contributed by atoms with Crippen LogP contribution in [0.5, 0.6) is 0 Å². The topological polar surface area (TPSA) is 6.48 Å². The summed E-state index contributed by atoms with van der Waals surface area (Å²) in [5.41, 5.74) is 0. The summed E-state index contributed by atoms with van der Waals surface area (Å²) >= 11 is 0. The summed E-state index contributed by atoms with van der Waals surface area (Å²) in [4.78, 5) is 3.72. The molecule has 1 rings (SSSR count). The summed E-state index contributed by atoms with van der Waals surface area (Å²) in [5, 5.41) is 0. The fraction of sp³-hybridized carbons (Fsp3) is 1.00. The van der Waals surface area contributed by atoms with Crippen molar-refractivity contribution < 1.29 is 64.3 Å². The van der Waals surface area contributed by atoms with Crippen molar-refractivity contribution >= 4 is 6.98 Å². The van der Waals surface area contributed by atoms with E-state index < -0.39 is 13.4 Å². The summed E-state index contributed by atoms with van der Waals surface area (Å²) < 4.78 is 37.2. The van der Waals surface area contributed by atoms with E-state index in [0.29, 0.717) is 6.54 Å². The minimum atomic E-state index is -4.69. The molecule has 1 heterocycles. The molecule has 0 aromatic heterocycles. The summed E-state index contributed by atoms with van der Waals surface area (Å²) in [6, 6.07) is 0.0565. The number of hydrogen-bond donors (Lipinski definition) is 0. The Morgan fingerprint density at radius 1 is 1.25 bits per heavy atom. The molecule has 0 bridgehead atoms. The van der Waals surface area contributed by atoms with Gasteiger partial charge in [0.05, 0.1) is 0 Å². The van der Waals surface area contributed by atoms with Gasteiger partial charge in [0.1, 0.15) is 0 Å². The zero-order chi connectivity index (χ0) is 11.5. The maximum absolute atomic E-state index is 12.4. The second kappa shape index (κ2) is 7.76. The molecule has 0 aliphatic carbocycles. The molecular formula is C9H19BF3KN2. The summed E-state index contributed by atoms with van der Waals surface area (Å²) in [5.74, 6) is 0. The van der Waals surface area contributed by atoms with Crippen molar-refractivity contribution in [3.05, 3.63) is 0 Å². The standard InChI is InChI=1S/C9H19BF3N2.K/c1-3-9-7-14(2)5-4-6-15(9)8-10(11,12)13;/h9H,3-8H2,1-2H3;/q-1;+1. The largest absolute Gasteiger partial charge is 1.00 e. The maximum Gasteiger partial charge on any atom is 1.00 e. The molecule has 90 valence electrons. The van der Waals surface area contributed by atoms with Crippen LogP contribution in [-0.4, -0.2) is 55.9 Å². The summed E-state index contributed by atoms with van der Waals surface area (Å²) in [6.07, 6.45) is 0.919. The minimum Gasteiger partial charge on any atom is -0.448 e. The molecule has 0 saturated carbocycles. The number of rotatable bonds is 3. The quantitative estimate of drug-likeness (QED) is 0.589. The molecule has 1 atom stereocenters.